The number of ether oxygens (including phenoxy) is 1. The number of anilines is 2. The van der Waals surface area contributed by atoms with E-state index in [1.807, 2.05) is 30.3 Å². The second-order valence-electron chi connectivity index (χ2n) is 9.81. The molecule has 9 heteroatoms. The molecule has 0 unspecified atom stereocenters. The molecular weight excluding hydrogens is 472 g/mol. The quantitative estimate of drug-likeness (QED) is 0.514. The molecule has 0 bridgehead atoms. The van der Waals surface area contributed by atoms with Gasteiger partial charge in [-0.2, -0.15) is 0 Å². The van der Waals surface area contributed by atoms with E-state index in [-0.39, 0.29) is 29.5 Å². The second-order valence-corrected chi connectivity index (χ2v) is 9.81. The fourth-order valence-electron chi connectivity index (χ4n) is 5.46. The van der Waals surface area contributed by atoms with Crippen LogP contribution in [0, 0.1) is 12.8 Å². The first-order valence-corrected chi connectivity index (χ1v) is 12.6. The van der Waals surface area contributed by atoms with Gasteiger partial charge in [0.1, 0.15) is 11.3 Å². The Morgan fingerprint density at radius 2 is 1.62 bits per heavy atom. The average Bonchev–Trinajstić information content (AvgIpc) is 3.32. The minimum atomic E-state index is -0.695. The van der Waals surface area contributed by atoms with Crippen LogP contribution in [0.25, 0.3) is 5.69 Å². The molecule has 2 fully saturated rings. The molecule has 2 N–H and O–H groups in total. The minimum Gasteiger partial charge on any atom is -0.458 e. The molecule has 2 amide bonds. The zero-order chi connectivity index (χ0) is 26.2. The molecule has 9 nitrogen and oxygen atoms in total. The summed E-state index contributed by atoms with van der Waals surface area (Å²) < 4.78 is 8.84. The van der Waals surface area contributed by atoms with Gasteiger partial charge in [0.15, 0.2) is 0 Å². The predicted molar refractivity (Wildman–Crippen MR) is 139 cm³/mol. The monoisotopic (exact) mass is 502 g/mol. The third kappa shape index (κ3) is 4.57. The van der Waals surface area contributed by atoms with Gasteiger partial charge in [0.2, 0.25) is 5.91 Å². The van der Waals surface area contributed by atoms with Crippen molar-refractivity contribution in [1.82, 2.24) is 9.36 Å². The Morgan fingerprint density at radius 3 is 2.30 bits per heavy atom. The lowest BCUT2D eigenvalue weighted by molar-refractivity contribution is -0.153. The molecule has 1 atom stereocenters. The van der Waals surface area contributed by atoms with E-state index in [4.69, 9.17) is 4.74 Å². The van der Waals surface area contributed by atoms with Gasteiger partial charge in [-0.1, -0.05) is 24.6 Å². The highest BCUT2D eigenvalue weighted by Gasteiger charge is 2.52. The van der Waals surface area contributed by atoms with Crippen LogP contribution < -0.4 is 16.2 Å². The van der Waals surface area contributed by atoms with Crippen LogP contribution >= 0.6 is 0 Å². The van der Waals surface area contributed by atoms with E-state index in [2.05, 4.69) is 10.6 Å². The van der Waals surface area contributed by atoms with Crippen LogP contribution in [-0.2, 0) is 21.4 Å². The number of nitrogens with one attached hydrogen (secondary N) is 2. The average molecular weight is 503 g/mol. The van der Waals surface area contributed by atoms with Crippen molar-refractivity contribution in [3.8, 4) is 5.69 Å². The summed E-state index contributed by atoms with van der Waals surface area (Å²) in [5.74, 6) is -1.51. The molecule has 2 aliphatic rings. The van der Waals surface area contributed by atoms with E-state index < -0.39 is 17.4 Å². The number of carbonyl (C=O) groups excluding carboxylic acids is 3. The van der Waals surface area contributed by atoms with Crippen LogP contribution in [-0.4, -0.2) is 32.7 Å². The summed E-state index contributed by atoms with van der Waals surface area (Å²) in [7, 11) is 1.76. The summed E-state index contributed by atoms with van der Waals surface area (Å²) >= 11 is 0. The zero-order valence-electron chi connectivity index (χ0n) is 21.0. The lowest BCUT2D eigenvalue weighted by atomic mass is 9.75. The summed E-state index contributed by atoms with van der Waals surface area (Å²) in [5.41, 5.74) is 1.37. The van der Waals surface area contributed by atoms with Crippen molar-refractivity contribution in [1.29, 1.82) is 0 Å². The first-order valence-electron chi connectivity index (χ1n) is 12.6. The first-order chi connectivity index (χ1) is 17.8. The van der Waals surface area contributed by atoms with E-state index in [0.29, 0.717) is 35.5 Å². The largest absolute Gasteiger partial charge is 0.458 e. The van der Waals surface area contributed by atoms with Crippen molar-refractivity contribution >= 4 is 29.2 Å². The maximum atomic E-state index is 13.1. The molecule has 2 heterocycles. The van der Waals surface area contributed by atoms with Gasteiger partial charge in [0.25, 0.3) is 11.5 Å². The molecule has 1 saturated carbocycles. The number of rotatable bonds is 5. The van der Waals surface area contributed by atoms with Crippen LogP contribution in [0.1, 0.15) is 54.6 Å². The van der Waals surface area contributed by atoms with Crippen molar-refractivity contribution in [2.75, 3.05) is 10.6 Å². The number of amides is 2. The van der Waals surface area contributed by atoms with Crippen LogP contribution in [0.2, 0.25) is 0 Å². The Bertz CT molecular complexity index is 1400. The third-order valence-electron chi connectivity index (χ3n) is 7.55. The van der Waals surface area contributed by atoms with Gasteiger partial charge in [-0.05, 0) is 69.0 Å². The Morgan fingerprint density at radius 1 is 0.946 bits per heavy atom. The predicted octanol–water partition coefficient (Wildman–Crippen LogP) is 3.94. The highest BCUT2D eigenvalue weighted by atomic mass is 16.6. The number of hydrogen-bond donors (Lipinski definition) is 2. The van der Waals surface area contributed by atoms with E-state index in [1.165, 1.54) is 4.68 Å². The SMILES string of the molecule is Cc1c(NC(=O)c2ccc(NC(=O)[C@@H]3CC(=O)OC34CCCCC4)cc2)c(=O)n(-c2ccccc2)n1C. The van der Waals surface area contributed by atoms with E-state index in [9.17, 15) is 19.2 Å². The Hall–Kier alpha value is -4.14. The topological polar surface area (TPSA) is 111 Å². The Balaban J connectivity index is 1.29. The fraction of sp³-hybridized carbons (Fsp3) is 0.357. The van der Waals surface area contributed by atoms with Crippen LogP contribution in [0.15, 0.2) is 59.4 Å². The van der Waals surface area contributed by atoms with Gasteiger partial charge in [-0.15, -0.1) is 0 Å². The smallest absolute Gasteiger partial charge is 0.307 e. The first kappa shape index (κ1) is 24.5. The van der Waals surface area contributed by atoms with Crippen molar-refractivity contribution in [3.05, 3.63) is 76.2 Å². The molecule has 1 saturated heterocycles. The number of carbonyl (C=O) groups is 3. The second kappa shape index (κ2) is 9.72. The van der Waals surface area contributed by atoms with Crippen molar-refractivity contribution in [3.63, 3.8) is 0 Å². The summed E-state index contributed by atoms with van der Waals surface area (Å²) in [4.78, 5) is 51.1. The van der Waals surface area contributed by atoms with Gasteiger partial charge >= 0.3 is 5.97 Å². The standard InChI is InChI=1S/C28H30N4O5/c1-18-24(27(36)32(31(18)2)21-9-5-3-6-10-21)30-25(34)19-11-13-20(14-12-19)29-26(35)22-17-23(33)37-28(22)15-7-4-8-16-28/h3,5-6,9-14,22H,4,7-8,15-17H2,1-2H3,(H,29,35)(H,30,34)/t22-/m0/s1. The van der Waals surface area contributed by atoms with E-state index in [0.717, 1.165) is 19.3 Å². The summed E-state index contributed by atoms with van der Waals surface area (Å²) in [5, 5.41) is 5.62. The van der Waals surface area contributed by atoms with Crippen LogP contribution in [0.5, 0.6) is 0 Å². The molecule has 1 aromatic heterocycles. The van der Waals surface area contributed by atoms with Gasteiger partial charge in [-0.3, -0.25) is 23.9 Å². The molecule has 37 heavy (non-hydrogen) atoms. The lowest BCUT2D eigenvalue weighted by Gasteiger charge is -2.36. The molecular formula is C28H30N4O5. The number of benzene rings is 2. The van der Waals surface area contributed by atoms with E-state index in [1.54, 1.807) is 42.9 Å². The minimum absolute atomic E-state index is 0.0866. The normalized spacial score (nSPS) is 18.4. The molecule has 3 aromatic rings. The lowest BCUT2D eigenvalue weighted by Crippen LogP contribution is -2.43. The molecule has 1 aliphatic heterocycles. The van der Waals surface area contributed by atoms with Gasteiger partial charge in [0, 0.05) is 18.3 Å². The van der Waals surface area contributed by atoms with E-state index >= 15 is 0 Å². The molecule has 1 spiro atoms. The van der Waals surface area contributed by atoms with Crippen LogP contribution in [0.3, 0.4) is 0 Å². The summed E-state index contributed by atoms with van der Waals surface area (Å²) in [6.07, 6.45) is 4.47. The Kier molecular flexibility index (Phi) is 6.45. The van der Waals surface area contributed by atoms with Gasteiger partial charge in [0.05, 0.1) is 23.7 Å². The zero-order valence-corrected chi connectivity index (χ0v) is 21.0. The molecule has 2 aromatic carbocycles. The van der Waals surface area contributed by atoms with Crippen molar-refractivity contribution in [2.45, 2.75) is 51.0 Å². The van der Waals surface area contributed by atoms with Crippen LogP contribution in [0.4, 0.5) is 11.4 Å². The molecule has 1 aliphatic carbocycles. The maximum absolute atomic E-state index is 13.1. The molecule has 0 radical (unpaired) electrons. The molecule has 192 valence electrons. The van der Waals surface area contributed by atoms with Crippen molar-refractivity contribution in [2.24, 2.45) is 13.0 Å². The highest BCUT2D eigenvalue weighted by Crippen LogP contribution is 2.44. The summed E-state index contributed by atoms with van der Waals surface area (Å²) in [6.45, 7) is 1.77. The molecule has 5 rings (SSSR count). The maximum Gasteiger partial charge on any atom is 0.307 e. The third-order valence-corrected chi connectivity index (χ3v) is 7.55. The summed E-state index contributed by atoms with van der Waals surface area (Å²) in [6, 6.07) is 15.7. The fourth-order valence-corrected chi connectivity index (χ4v) is 5.46. The number of hydrogen-bond acceptors (Lipinski definition) is 5. The van der Waals surface area contributed by atoms with Gasteiger partial charge in [-0.25, -0.2) is 4.68 Å². The number of para-hydroxylation sites is 1. The number of esters is 1. The Labute approximate surface area is 214 Å². The highest BCUT2D eigenvalue weighted by molar-refractivity contribution is 6.05. The van der Waals surface area contributed by atoms with Crippen molar-refractivity contribution < 1.29 is 19.1 Å². The van der Waals surface area contributed by atoms with Gasteiger partial charge < -0.3 is 15.4 Å². The number of aromatic nitrogens is 2. The number of nitrogens with zero attached hydrogens (tertiary/aromatic N) is 2.